The number of rotatable bonds is 0. The SMILES string of the molecule is CC1COC2(CCC(C(C)(C)C)CC2)OO1. The molecule has 0 aromatic carbocycles. The van der Waals surface area contributed by atoms with Crippen LogP contribution in [0.25, 0.3) is 0 Å². The molecule has 1 unspecified atom stereocenters. The topological polar surface area (TPSA) is 27.7 Å². The molecule has 1 spiro atoms. The predicted molar refractivity (Wildman–Crippen MR) is 61.7 cm³/mol. The summed E-state index contributed by atoms with van der Waals surface area (Å²) >= 11 is 0. The highest BCUT2D eigenvalue weighted by Gasteiger charge is 2.43. The van der Waals surface area contributed by atoms with E-state index in [1.54, 1.807) is 0 Å². The fourth-order valence-electron chi connectivity index (χ4n) is 2.64. The van der Waals surface area contributed by atoms with Crippen LogP contribution < -0.4 is 0 Å². The van der Waals surface area contributed by atoms with Crippen LogP contribution in [0.2, 0.25) is 0 Å². The van der Waals surface area contributed by atoms with E-state index >= 15 is 0 Å². The lowest BCUT2D eigenvalue weighted by Gasteiger charge is -2.45. The minimum absolute atomic E-state index is 0.0611. The van der Waals surface area contributed by atoms with Gasteiger partial charge in [0.15, 0.2) is 0 Å². The first-order valence-electron chi connectivity index (χ1n) is 6.40. The van der Waals surface area contributed by atoms with Gasteiger partial charge in [0.1, 0.15) is 6.10 Å². The summed E-state index contributed by atoms with van der Waals surface area (Å²) in [6.45, 7) is 9.57. The van der Waals surface area contributed by atoms with Gasteiger partial charge in [-0.2, -0.15) is 0 Å². The van der Waals surface area contributed by atoms with Crippen molar-refractivity contribution in [2.75, 3.05) is 6.61 Å². The van der Waals surface area contributed by atoms with E-state index in [1.807, 2.05) is 6.92 Å². The standard InChI is InChI=1S/C13H24O3/c1-10-9-14-13(16-15-10)7-5-11(6-8-13)12(2,3)4/h10-11H,5-9H2,1-4H3. The van der Waals surface area contributed by atoms with Crippen molar-refractivity contribution in [1.29, 1.82) is 0 Å². The van der Waals surface area contributed by atoms with E-state index in [9.17, 15) is 0 Å². The zero-order valence-electron chi connectivity index (χ0n) is 10.9. The maximum absolute atomic E-state index is 5.83. The van der Waals surface area contributed by atoms with Crippen LogP contribution in [-0.4, -0.2) is 18.5 Å². The average molecular weight is 228 g/mol. The molecule has 1 aliphatic heterocycles. The molecule has 16 heavy (non-hydrogen) atoms. The van der Waals surface area contributed by atoms with Crippen LogP contribution >= 0.6 is 0 Å². The first kappa shape index (κ1) is 12.3. The summed E-state index contributed by atoms with van der Waals surface area (Å²) in [5, 5.41) is 0. The molecule has 2 fully saturated rings. The van der Waals surface area contributed by atoms with Crippen LogP contribution in [0, 0.1) is 11.3 Å². The van der Waals surface area contributed by atoms with Gasteiger partial charge in [0.2, 0.25) is 5.79 Å². The second-order valence-electron chi connectivity index (χ2n) is 6.35. The molecule has 0 aromatic heterocycles. The van der Waals surface area contributed by atoms with Crippen LogP contribution in [0.1, 0.15) is 53.4 Å². The Kier molecular flexibility index (Phi) is 3.30. The monoisotopic (exact) mass is 228 g/mol. The highest BCUT2D eigenvalue weighted by molar-refractivity contribution is 4.85. The Labute approximate surface area is 98.4 Å². The Bertz CT molecular complexity index is 226. The van der Waals surface area contributed by atoms with E-state index in [0.29, 0.717) is 12.0 Å². The molecule has 0 aromatic rings. The third kappa shape index (κ3) is 2.58. The normalized spacial score (nSPS) is 41.2. The highest BCUT2D eigenvalue weighted by atomic mass is 17.2. The summed E-state index contributed by atoms with van der Waals surface area (Å²) in [6, 6.07) is 0. The molecular formula is C13H24O3. The van der Waals surface area contributed by atoms with Gasteiger partial charge in [-0.05, 0) is 31.1 Å². The fourth-order valence-corrected chi connectivity index (χ4v) is 2.64. The van der Waals surface area contributed by atoms with E-state index in [2.05, 4.69) is 20.8 Å². The molecule has 1 saturated heterocycles. The Hall–Kier alpha value is -0.120. The van der Waals surface area contributed by atoms with Gasteiger partial charge in [-0.15, -0.1) is 0 Å². The molecule has 3 heteroatoms. The van der Waals surface area contributed by atoms with Gasteiger partial charge in [-0.3, -0.25) is 0 Å². The van der Waals surface area contributed by atoms with Gasteiger partial charge in [-0.25, -0.2) is 9.78 Å². The molecule has 1 saturated carbocycles. The summed E-state index contributed by atoms with van der Waals surface area (Å²) < 4.78 is 5.83. The third-order valence-electron chi connectivity index (χ3n) is 3.92. The maximum atomic E-state index is 5.83. The van der Waals surface area contributed by atoms with Crippen molar-refractivity contribution in [1.82, 2.24) is 0 Å². The molecule has 0 bridgehead atoms. The lowest BCUT2D eigenvalue weighted by Crippen LogP contribution is -2.47. The van der Waals surface area contributed by atoms with Crippen molar-refractivity contribution in [2.24, 2.45) is 11.3 Å². The lowest BCUT2D eigenvalue weighted by atomic mass is 9.71. The minimum atomic E-state index is -0.436. The van der Waals surface area contributed by atoms with E-state index in [0.717, 1.165) is 18.8 Å². The van der Waals surface area contributed by atoms with E-state index in [1.165, 1.54) is 12.8 Å². The molecule has 0 amide bonds. The molecule has 1 aliphatic carbocycles. The molecule has 3 nitrogen and oxygen atoms in total. The van der Waals surface area contributed by atoms with Gasteiger partial charge in [-0.1, -0.05) is 20.8 Å². The van der Waals surface area contributed by atoms with Crippen LogP contribution in [0.3, 0.4) is 0 Å². The Balaban J connectivity index is 1.89. The van der Waals surface area contributed by atoms with E-state index < -0.39 is 5.79 Å². The van der Waals surface area contributed by atoms with Crippen molar-refractivity contribution in [3.05, 3.63) is 0 Å². The molecule has 94 valence electrons. The molecule has 2 rings (SSSR count). The first-order chi connectivity index (χ1) is 7.41. The minimum Gasteiger partial charge on any atom is -0.344 e. The molecule has 0 N–H and O–H groups in total. The first-order valence-corrected chi connectivity index (χ1v) is 6.40. The Morgan fingerprint density at radius 2 is 1.75 bits per heavy atom. The smallest absolute Gasteiger partial charge is 0.201 e. The van der Waals surface area contributed by atoms with Crippen LogP contribution in [0.15, 0.2) is 0 Å². The fraction of sp³-hybridized carbons (Fsp3) is 1.00. The van der Waals surface area contributed by atoms with Crippen molar-refractivity contribution in [3.63, 3.8) is 0 Å². The second kappa shape index (κ2) is 4.28. The van der Waals surface area contributed by atoms with Crippen molar-refractivity contribution in [3.8, 4) is 0 Å². The maximum Gasteiger partial charge on any atom is 0.201 e. The summed E-state index contributed by atoms with van der Waals surface area (Å²) in [6.07, 6.45) is 4.32. The molecule has 0 radical (unpaired) electrons. The summed E-state index contributed by atoms with van der Waals surface area (Å²) in [5.74, 6) is 0.332. The van der Waals surface area contributed by atoms with E-state index in [4.69, 9.17) is 14.5 Å². The molecule has 2 aliphatic rings. The highest BCUT2D eigenvalue weighted by Crippen LogP contribution is 2.44. The van der Waals surface area contributed by atoms with Crippen LogP contribution in [-0.2, 0) is 14.5 Å². The van der Waals surface area contributed by atoms with Crippen LogP contribution in [0.5, 0.6) is 0 Å². The average Bonchev–Trinajstić information content (AvgIpc) is 2.22. The van der Waals surface area contributed by atoms with Gasteiger partial charge < -0.3 is 4.74 Å². The predicted octanol–water partition coefficient (Wildman–Crippen LogP) is 3.29. The zero-order chi connectivity index (χ0) is 11.8. The number of ether oxygens (including phenoxy) is 1. The molecular weight excluding hydrogens is 204 g/mol. The van der Waals surface area contributed by atoms with Gasteiger partial charge in [0.05, 0.1) is 6.61 Å². The Morgan fingerprint density at radius 1 is 1.12 bits per heavy atom. The Morgan fingerprint density at radius 3 is 2.19 bits per heavy atom. The van der Waals surface area contributed by atoms with Crippen LogP contribution in [0.4, 0.5) is 0 Å². The summed E-state index contributed by atoms with van der Waals surface area (Å²) in [7, 11) is 0. The largest absolute Gasteiger partial charge is 0.344 e. The molecule has 1 atom stereocenters. The van der Waals surface area contributed by atoms with Gasteiger partial charge in [0.25, 0.3) is 0 Å². The summed E-state index contributed by atoms with van der Waals surface area (Å²) in [5.41, 5.74) is 0.393. The summed E-state index contributed by atoms with van der Waals surface area (Å²) in [4.78, 5) is 10.7. The van der Waals surface area contributed by atoms with Crippen molar-refractivity contribution in [2.45, 2.75) is 65.3 Å². The number of hydrogen-bond acceptors (Lipinski definition) is 3. The van der Waals surface area contributed by atoms with Crippen molar-refractivity contribution >= 4 is 0 Å². The lowest BCUT2D eigenvalue weighted by molar-refractivity contribution is -0.490. The quantitative estimate of drug-likeness (QED) is 0.595. The number of hydrogen-bond donors (Lipinski definition) is 0. The second-order valence-corrected chi connectivity index (χ2v) is 6.35. The third-order valence-corrected chi connectivity index (χ3v) is 3.92. The molecule has 1 heterocycles. The van der Waals surface area contributed by atoms with Crippen molar-refractivity contribution < 1.29 is 14.5 Å². The van der Waals surface area contributed by atoms with Gasteiger partial charge >= 0.3 is 0 Å². The zero-order valence-corrected chi connectivity index (χ0v) is 10.9. The van der Waals surface area contributed by atoms with Gasteiger partial charge in [0, 0.05) is 12.8 Å². The van der Waals surface area contributed by atoms with E-state index in [-0.39, 0.29) is 6.10 Å².